The number of aliphatic hydroxyl groups excluding tert-OH is 2. The van der Waals surface area contributed by atoms with Crippen molar-refractivity contribution in [3.8, 4) is 0 Å². The third-order valence-electron chi connectivity index (χ3n) is 8.24. The zero-order chi connectivity index (χ0) is 30.9. The van der Waals surface area contributed by atoms with E-state index in [2.05, 4.69) is 36.0 Å². The Morgan fingerprint density at radius 1 is 1.11 bits per heavy atom. The van der Waals surface area contributed by atoms with Crippen LogP contribution in [-0.4, -0.2) is 111 Å². The second-order valence-electron chi connectivity index (χ2n) is 11.6. The highest BCUT2D eigenvalue weighted by atomic mass is 35.5. The molecular formula is C25H36ClN8O9P. The maximum atomic E-state index is 12.8. The minimum absolute atomic E-state index is 0.0122. The number of aliphatic hydroxyl groups is 2. The summed E-state index contributed by atoms with van der Waals surface area (Å²) in [7, 11) is -5.04. The van der Waals surface area contributed by atoms with Gasteiger partial charge in [-0.25, -0.2) is 4.52 Å². The number of rotatable bonds is 15. The van der Waals surface area contributed by atoms with E-state index in [4.69, 9.17) is 30.5 Å². The molecule has 2 aliphatic carbocycles. The average Bonchev–Trinajstić information content (AvgIpc) is 3.37. The Kier molecular flexibility index (Phi) is 9.50. The Hall–Kier alpha value is -2.31. The van der Waals surface area contributed by atoms with Crippen LogP contribution in [0.2, 0.25) is 5.28 Å². The number of nitrogens with zero attached hydrogens (tertiary/aromatic N) is 6. The van der Waals surface area contributed by atoms with Crippen molar-refractivity contribution in [2.75, 3.05) is 31.7 Å². The molecule has 3 aromatic rings. The van der Waals surface area contributed by atoms with Gasteiger partial charge >= 0.3 is 7.60 Å². The molecule has 0 amide bonds. The van der Waals surface area contributed by atoms with Gasteiger partial charge in [-0.3, -0.25) is 4.57 Å². The molecule has 242 valence electrons. The standard InChI is InChI=1S/C25H36ClN8O9P/c26-24-28-23(27-15-3-1-2-4-15)17-8-7-16(34(17)31-24)22-21(36)20(35)18(43-22)10-42-25(44(37,38)39,12-40-9-14-5-6-14)13-41-11-19-29-32-33-30-19/h7-8,14-15,18,20-22,35-36H,1-6,9-13H2,(H,27,28,31)(H2,37,38,39)(H,29,30,32,33)/t18-,20-,21-,22+,25?/m1/s1. The average molecular weight is 659 g/mol. The zero-order valence-corrected chi connectivity index (χ0v) is 25.4. The lowest BCUT2D eigenvalue weighted by Crippen LogP contribution is -2.46. The largest absolute Gasteiger partial charge is 0.387 e. The number of nitrogens with one attached hydrogen (secondary N) is 2. The van der Waals surface area contributed by atoms with Crippen LogP contribution in [0.4, 0.5) is 5.82 Å². The summed E-state index contributed by atoms with van der Waals surface area (Å²) in [5, 5.41) is 40.7. The molecule has 6 N–H and O–H groups in total. The first-order valence-corrected chi connectivity index (χ1v) is 16.5. The van der Waals surface area contributed by atoms with Crippen molar-refractivity contribution in [3.63, 3.8) is 0 Å². The predicted molar refractivity (Wildman–Crippen MR) is 152 cm³/mol. The SMILES string of the molecule is O=P(O)(O)C(COCc1nn[nH]n1)(COCC1CC1)OC[C@H]1O[C@@H](c2ccc3c(NC4CCCC4)nc(Cl)nn23)[C@H](O)[C@@H]1O. The van der Waals surface area contributed by atoms with Crippen molar-refractivity contribution < 1.29 is 43.5 Å². The number of anilines is 1. The highest BCUT2D eigenvalue weighted by molar-refractivity contribution is 7.53. The lowest BCUT2D eigenvalue weighted by molar-refractivity contribution is -0.135. The fourth-order valence-electron chi connectivity index (χ4n) is 5.54. The minimum Gasteiger partial charge on any atom is -0.387 e. The number of fused-ring (bicyclic) bond motifs is 1. The fourth-order valence-corrected chi connectivity index (χ4v) is 6.46. The smallest absolute Gasteiger partial charge is 0.361 e. The topological polar surface area (TPSA) is 232 Å². The zero-order valence-electron chi connectivity index (χ0n) is 23.7. The van der Waals surface area contributed by atoms with Crippen LogP contribution in [0.25, 0.3) is 5.52 Å². The number of hydrogen-bond donors (Lipinski definition) is 6. The Labute approximate surface area is 256 Å². The number of hydrogen-bond acceptors (Lipinski definition) is 13. The van der Waals surface area contributed by atoms with Crippen LogP contribution in [0.1, 0.15) is 56.1 Å². The molecule has 3 fully saturated rings. The summed E-state index contributed by atoms with van der Waals surface area (Å²) in [5.41, 5.74) is 1.03. The van der Waals surface area contributed by atoms with Gasteiger partial charge in [-0.1, -0.05) is 18.1 Å². The Morgan fingerprint density at radius 2 is 1.89 bits per heavy atom. The van der Waals surface area contributed by atoms with Crippen LogP contribution in [0.3, 0.4) is 0 Å². The Balaban J connectivity index is 1.18. The van der Waals surface area contributed by atoms with Gasteiger partial charge in [0.2, 0.25) is 10.6 Å². The third kappa shape index (κ3) is 6.92. The highest BCUT2D eigenvalue weighted by Crippen LogP contribution is 2.52. The van der Waals surface area contributed by atoms with E-state index >= 15 is 0 Å². The van der Waals surface area contributed by atoms with Crippen molar-refractivity contribution in [1.29, 1.82) is 0 Å². The second kappa shape index (κ2) is 13.2. The van der Waals surface area contributed by atoms with Crippen LogP contribution in [0, 0.1) is 5.92 Å². The molecule has 1 aliphatic heterocycles. The van der Waals surface area contributed by atoms with Crippen LogP contribution >= 0.6 is 19.2 Å². The number of aromatic nitrogens is 7. The van der Waals surface area contributed by atoms with Crippen LogP contribution in [-0.2, 0) is 30.1 Å². The van der Waals surface area contributed by atoms with Crippen molar-refractivity contribution >= 4 is 30.5 Å². The Bertz CT molecular complexity index is 1450. The van der Waals surface area contributed by atoms with Crippen molar-refractivity contribution in [1.82, 2.24) is 35.2 Å². The van der Waals surface area contributed by atoms with Gasteiger partial charge in [0.15, 0.2) is 11.6 Å². The molecule has 0 aromatic carbocycles. The quantitative estimate of drug-likeness (QED) is 0.125. The van der Waals surface area contributed by atoms with Gasteiger partial charge in [-0.05, 0) is 55.3 Å². The highest BCUT2D eigenvalue weighted by Gasteiger charge is 2.52. The molecule has 2 saturated carbocycles. The van der Waals surface area contributed by atoms with Crippen molar-refractivity contribution in [2.45, 2.75) is 80.9 Å². The first-order chi connectivity index (χ1) is 21.1. The van der Waals surface area contributed by atoms with E-state index in [0.717, 1.165) is 38.5 Å². The van der Waals surface area contributed by atoms with Crippen LogP contribution in [0.5, 0.6) is 0 Å². The second-order valence-corrected chi connectivity index (χ2v) is 13.8. The lowest BCUT2D eigenvalue weighted by atomic mass is 10.1. The number of ether oxygens (including phenoxy) is 4. The van der Waals surface area contributed by atoms with Crippen LogP contribution < -0.4 is 5.32 Å². The summed E-state index contributed by atoms with van der Waals surface area (Å²) in [4.78, 5) is 25.2. The summed E-state index contributed by atoms with van der Waals surface area (Å²) >= 11 is 6.25. The predicted octanol–water partition coefficient (Wildman–Crippen LogP) is 0.946. The molecular weight excluding hydrogens is 623 g/mol. The molecule has 17 nitrogen and oxygen atoms in total. The van der Waals surface area contributed by atoms with Gasteiger partial charge in [0.25, 0.3) is 0 Å². The third-order valence-corrected chi connectivity index (χ3v) is 9.85. The molecule has 1 saturated heterocycles. The molecule has 0 spiro atoms. The van der Waals surface area contributed by atoms with E-state index in [1.165, 1.54) is 4.52 Å². The number of halogens is 1. The van der Waals surface area contributed by atoms with E-state index in [0.29, 0.717) is 29.6 Å². The molecule has 6 rings (SSSR count). The van der Waals surface area contributed by atoms with Gasteiger partial charge in [-0.2, -0.15) is 10.2 Å². The molecule has 1 unspecified atom stereocenters. The van der Waals surface area contributed by atoms with Gasteiger partial charge in [0.05, 0.1) is 25.5 Å². The number of tetrazole rings is 1. The van der Waals surface area contributed by atoms with E-state index in [1.54, 1.807) is 12.1 Å². The summed E-state index contributed by atoms with van der Waals surface area (Å²) in [6.45, 7) is -1.45. The maximum Gasteiger partial charge on any atom is 0.361 e. The Morgan fingerprint density at radius 3 is 2.59 bits per heavy atom. The molecule has 19 heteroatoms. The fraction of sp³-hybridized carbons (Fsp3) is 0.720. The number of aromatic amines is 1. The van der Waals surface area contributed by atoms with Crippen molar-refractivity contribution in [2.24, 2.45) is 5.92 Å². The molecule has 0 radical (unpaired) electrons. The normalized spacial score (nSPS) is 26.0. The molecule has 44 heavy (non-hydrogen) atoms. The molecule has 4 heterocycles. The monoisotopic (exact) mass is 658 g/mol. The van der Waals surface area contributed by atoms with E-state index in [9.17, 15) is 24.6 Å². The molecule has 3 aromatic heterocycles. The molecule has 3 aliphatic rings. The minimum atomic E-state index is -5.04. The summed E-state index contributed by atoms with van der Waals surface area (Å²) in [6, 6.07) is 3.73. The molecule has 5 atom stereocenters. The van der Waals surface area contributed by atoms with Gasteiger partial charge in [0, 0.05) is 12.6 Å². The lowest BCUT2D eigenvalue weighted by Gasteiger charge is -2.34. The van der Waals surface area contributed by atoms with Crippen molar-refractivity contribution in [3.05, 3.63) is 28.9 Å². The van der Waals surface area contributed by atoms with Gasteiger partial charge < -0.3 is 44.3 Å². The first kappa shape index (κ1) is 31.7. The van der Waals surface area contributed by atoms with E-state index < -0.39 is 57.2 Å². The van der Waals surface area contributed by atoms with E-state index in [-0.39, 0.29) is 23.8 Å². The summed E-state index contributed by atoms with van der Waals surface area (Å²) < 4.78 is 37.4. The van der Waals surface area contributed by atoms with E-state index in [1.807, 2.05) is 0 Å². The van der Waals surface area contributed by atoms with Gasteiger partial charge in [0.1, 0.15) is 36.5 Å². The first-order valence-electron chi connectivity index (χ1n) is 14.5. The van der Waals surface area contributed by atoms with Gasteiger partial charge in [-0.15, -0.1) is 15.3 Å². The van der Waals surface area contributed by atoms with Crippen LogP contribution in [0.15, 0.2) is 12.1 Å². The number of H-pyrrole nitrogens is 1. The maximum absolute atomic E-state index is 12.8. The molecule has 0 bridgehead atoms. The summed E-state index contributed by atoms with van der Waals surface area (Å²) in [6.07, 6.45) is 1.15. The summed E-state index contributed by atoms with van der Waals surface area (Å²) in [5.74, 6) is 1.05.